The maximum Gasteiger partial charge on any atom is 0.0451 e. The first kappa shape index (κ1) is 11.9. The smallest absolute Gasteiger partial charge is 0.0451 e. The van der Waals surface area contributed by atoms with E-state index in [1.54, 1.807) is 0 Å². The van der Waals surface area contributed by atoms with E-state index in [1.165, 1.54) is 12.0 Å². The number of hydrogen-bond acceptors (Lipinski definition) is 2. The summed E-state index contributed by atoms with van der Waals surface area (Å²) in [6.45, 7) is 5.11. The van der Waals surface area contributed by atoms with Crippen LogP contribution in [0.5, 0.6) is 0 Å². The summed E-state index contributed by atoms with van der Waals surface area (Å²) in [6.07, 6.45) is 1.21. The quantitative estimate of drug-likeness (QED) is 0.877. The summed E-state index contributed by atoms with van der Waals surface area (Å²) in [5, 5.41) is 0.867. The number of nitrogens with zero attached hydrogens (tertiary/aromatic N) is 1. The first-order valence-corrected chi connectivity index (χ1v) is 6.26. The van der Waals surface area contributed by atoms with E-state index in [1.807, 2.05) is 18.2 Å². The van der Waals surface area contributed by atoms with Crippen LogP contribution in [0.2, 0.25) is 5.02 Å². The van der Waals surface area contributed by atoms with E-state index in [0.29, 0.717) is 12.0 Å². The molecule has 2 unspecified atom stereocenters. The van der Waals surface area contributed by atoms with Crippen LogP contribution >= 0.6 is 11.6 Å². The van der Waals surface area contributed by atoms with E-state index >= 15 is 0 Å². The number of nitrogens with two attached hydrogens (primary N) is 1. The molecule has 0 amide bonds. The molecule has 1 aromatic carbocycles. The molecule has 0 bridgehead atoms. The van der Waals surface area contributed by atoms with Gasteiger partial charge in [-0.15, -0.1) is 0 Å². The zero-order valence-electron chi connectivity index (χ0n) is 9.70. The average molecular weight is 239 g/mol. The lowest BCUT2D eigenvalue weighted by Gasteiger charge is -2.21. The monoisotopic (exact) mass is 238 g/mol. The van der Waals surface area contributed by atoms with Gasteiger partial charge in [-0.3, -0.25) is 4.90 Å². The van der Waals surface area contributed by atoms with E-state index in [9.17, 15) is 0 Å². The Labute approximate surface area is 102 Å². The first-order chi connectivity index (χ1) is 7.70. The van der Waals surface area contributed by atoms with Crippen molar-refractivity contribution in [3.63, 3.8) is 0 Å². The molecule has 2 atom stereocenters. The van der Waals surface area contributed by atoms with Crippen LogP contribution in [-0.4, -0.2) is 24.0 Å². The summed E-state index contributed by atoms with van der Waals surface area (Å²) in [5.41, 5.74) is 6.95. The summed E-state index contributed by atoms with van der Waals surface area (Å²) < 4.78 is 0. The van der Waals surface area contributed by atoms with Crippen molar-refractivity contribution in [1.29, 1.82) is 0 Å². The molecule has 0 spiro atoms. The molecule has 0 saturated carbocycles. The van der Waals surface area contributed by atoms with Crippen molar-refractivity contribution < 1.29 is 0 Å². The van der Waals surface area contributed by atoms with Crippen molar-refractivity contribution in [1.82, 2.24) is 4.90 Å². The fraction of sp³-hybridized carbons (Fsp3) is 0.538. The Morgan fingerprint density at radius 2 is 2.19 bits per heavy atom. The zero-order valence-corrected chi connectivity index (χ0v) is 10.5. The highest BCUT2D eigenvalue weighted by Gasteiger charge is 2.28. The number of benzene rings is 1. The van der Waals surface area contributed by atoms with Crippen molar-refractivity contribution in [3.05, 3.63) is 34.9 Å². The summed E-state index contributed by atoms with van der Waals surface area (Å²) in [6, 6.07) is 8.69. The van der Waals surface area contributed by atoms with E-state index in [-0.39, 0.29) is 0 Å². The molecule has 0 radical (unpaired) electrons. The fourth-order valence-electron chi connectivity index (χ4n) is 2.45. The van der Waals surface area contributed by atoms with Crippen molar-refractivity contribution in [3.8, 4) is 0 Å². The third-order valence-electron chi connectivity index (χ3n) is 3.46. The molecule has 1 aromatic rings. The minimum Gasteiger partial charge on any atom is -0.330 e. The van der Waals surface area contributed by atoms with Gasteiger partial charge in [0.25, 0.3) is 0 Å². The lowest BCUT2D eigenvalue weighted by atomic mass is 10.1. The van der Waals surface area contributed by atoms with Crippen LogP contribution in [0.25, 0.3) is 0 Å². The molecule has 1 saturated heterocycles. The van der Waals surface area contributed by atoms with E-state index in [0.717, 1.165) is 24.7 Å². The molecular weight excluding hydrogens is 220 g/mol. The van der Waals surface area contributed by atoms with Gasteiger partial charge in [0.15, 0.2) is 0 Å². The highest BCUT2D eigenvalue weighted by molar-refractivity contribution is 6.31. The maximum absolute atomic E-state index is 6.17. The van der Waals surface area contributed by atoms with Gasteiger partial charge in [0.1, 0.15) is 0 Å². The fourth-order valence-corrected chi connectivity index (χ4v) is 2.65. The Balaban J connectivity index is 2.03. The number of rotatable bonds is 3. The van der Waals surface area contributed by atoms with Gasteiger partial charge in [-0.05, 0) is 37.4 Å². The van der Waals surface area contributed by atoms with Gasteiger partial charge in [-0.1, -0.05) is 29.8 Å². The molecule has 3 heteroatoms. The van der Waals surface area contributed by atoms with Crippen molar-refractivity contribution in [2.24, 2.45) is 11.7 Å². The van der Waals surface area contributed by atoms with Gasteiger partial charge in [0, 0.05) is 24.2 Å². The predicted molar refractivity (Wildman–Crippen MR) is 68.5 cm³/mol. The van der Waals surface area contributed by atoms with E-state index in [4.69, 9.17) is 17.3 Å². The van der Waals surface area contributed by atoms with Gasteiger partial charge in [-0.2, -0.15) is 0 Å². The normalized spacial score (nSPS) is 26.2. The van der Waals surface area contributed by atoms with Crippen molar-refractivity contribution in [2.75, 3.05) is 13.1 Å². The van der Waals surface area contributed by atoms with Gasteiger partial charge in [0.05, 0.1) is 0 Å². The molecule has 2 nitrogen and oxygen atoms in total. The summed E-state index contributed by atoms with van der Waals surface area (Å²) in [4.78, 5) is 2.47. The van der Waals surface area contributed by atoms with Crippen molar-refractivity contribution >= 4 is 11.6 Å². The second-order valence-corrected chi connectivity index (χ2v) is 5.11. The topological polar surface area (TPSA) is 29.3 Å². The Bertz CT molecular complexity index is 354. The third-order valence-corrected chi connectivity index (χ3v) is 3.82. The highest BCUT2D eigenvalue weighted by atomic mass is 35.5. The molecule has 1 aliphatic heterocycles. The molecule has 2 rings (SSSR count). The summed E-state index contributed by atoms with van der Waals surface area (Å²) >= 11 is 6.17. The molecule has 1 aliphatic rings. The molecule has 1 fully saturated rings. The van der Waals surface area contributed by atoms with Crippen LogP contribution in [0.3, 0.4) is 0 Å². The van der Waals surface area contributed by atoms with E-state index < -0.39 is 0 Å². The zero-order chi connectivity index (χ0) is 11.5. The van der Waals surface area contributed by atoms with Crippen LogP contribution in [0.15, 0.2) is 24.3 Å². The Morgan fingerprint density at radius 3 is 2.81 bits per heavy atom. The van der Waals surface area contributed by atoms with Crippen LogP contribution < -0.4 is 5.73 Å². The molecule has 16 heavy (non-hydrogen) atoms. The highest BCUT2D eigenvalue weighted by Crippen LogP contribution is 2.26. The van der Waals surface area contributed by atoms with Gasteiger partial charge >= 0.3 is 0 Å². The number of hydrogen-bond donors (Lipinski definition) is 1. The van der Waals surface area contributed by atoms with Crippen LogP contribution in [0.1, 0.15) is 18.9 Å². The molecule has 0 aromatic heterocycles. The Morgan fingerprint density at radius 1 is 1.44 bits per heavy atom. The minimum atomic E-state index is 0.616. The Hall–Kier alpha value is -0.570. The Kier molecular flexibility index (Phi) is 3.85. The first-order valence-electron chi connectivity index (χ1n) is 5.88. The van der Waals surface area contributed by atoms with Crippen molar-refractivity contribution in [2.45, 2.75) is 25.9 Å². The lowest BCUT2D eigenvalue weighted by Crippen LogP contribution is -2.27. The molecule has 1 heterocycles. The molecule has 2 N–H and O–H groups in total. The summed E-state index contributed by atoms with van der Waals surface area (Å²) in [5.74, 6) is 0.650. The summed E-state index contributed by atoms with van der Waals surface area (Å²) in [7, 11) is 0. The van der Waals surface area contributed by atoms with Gasteiger partial charge in [0.2, 0.25) is 0 Å². The van der Waals surface area contributed by atoms with Crippen LogP contribution in [-0.2, 0) is 6.54 Å². The molecule has 0 aliphatic carbocycles. The van der Waals surface area contributed by atoms with E-state index in [2.05, 4.69) is 17.9 Å². The molecular formula is C13H19ClN2. The average Bonchev–Trinajstić information content (AvgIpc) is 2.63. The number of halogens is 1. The lowest BCUT2D eigenvalue weighted by molar-refractivity contribution is 0.256. The maximum atomic E-state index is 6.17. The third kappa shape index (κ3) is 2.57. The van der Waals surface area contributed by atoms with Crippen LogP contribution in [0.4, 0.5) is 0 Å². The predicted octanol–water partition coefficient (Wildman–Crippen LogP) is 2.51. The minimum absolute atomic E-state index is 0.616. The molecule has 88 valence electrons. The largest absolute Gasteiger partial charge is 0.330 e. The van der Waals surface area contributed by atoms with Gasteiger partial charge < -0.3 is 5.73 Å². The number of likely N-dealkylation sites (tertiary alicyclic amines) is 1. The second kappa shape index (κ2) is 5.17. The van der Waals surface area contributed by atoms with Crippen LogP contribution in [0, 0.1) is 5.92 Å². The standard InChI is InChI=1S/C13H19ClN2/c1-10-6-11(7-15)8-16(10)9-12-4-2-3-5-13(12)14/h2-5,10-11H,6-9,15H2,1H3. The van der Waals surface area contributed by atoms with Gasteiger partial charge in [-0.25, -0.2) is 0 Å². The SMILES string of the molecule is CC1CC(CN)CN1Cc1ccccc1Cl. The second-order valence-electron chi connectivity index (χ2n) is 4.71.